The van der Waals surface area contributed by atoms with Crippen LogP contribution in [0.15, 0.2) is 121 Å². The predicted molar refractivity (Wildman–Crippen MR) is 181 cm³/mol. The van der Waals surface area contributed by atoms with Crippen LogP contribution < -0.4 is 0 Å². The fourth-order valence-electron chi connectivity index (χ4n) is 4.51. The number of fused-ring (bicyclic) bond motifs is 2. The van der Waals surface area contributed by atoms with E-state index in [0.29, 0.717) is 0 Å². The van der Waals surface area contributed by atoms with E-state index in [1.165, 1.54) is 54.9 Å². The van der Waals surface area contributed by atoms with Gasteiger partial charge in [-0.15, -0.1) is 69.1 Å². The van der Waals surface area contributed by atoms with Crippen LogP contribution in [-0.4, -0.2) is 0 Å². The van der Waals surface area contributed by atoms with Gasteiger partial charge in [0.05, 0.1) is 0 Å². The monoisotopic (exact) mass is 609 g/mol. The summed E-state index contributed by atoms with van der Waals surface area (Å²) in [4.78, 5) is 0. The molecule has 0 fully saturated rings. The van der Waals surface area contributed by atoms with Crippen LogP contribution in [0.25, 0.3) is 43.8 Å². The first-order chi connectivity index (χ1) is 17.1. The van der Waals surface area contributed by atoms with Crippen molar-refractivity contribution in [1.82, 2.24) is 0 Å². The van der Waals surface area contributed by atoms with Gasteiger partial charge in [0.15, 0.2) is 0 Å². The Bertz CT molecular complexity index is 1370. The normalized spacial score (nSPS) is 8.88. The molecular formula is C39H45Ti2. The Morgan fingerprint density at radius 3 is 1.12 bits per heavy atom. The number of hydrogen-bond donors (Lipinski definition) is 0. The number of benzene rings is 4. The van der Waals surface area contributed by atoms with Crippen molar-refractivity contribution in [2.45, 2.75) is 27.7 Å². The van der Waals surface area contributed by atoms with E-state index in [0.717, 1.165) is 0 Å². The zero-order valence-electron chi connectivity index (χ0n) is 26.1. The van der Waals surface area contributed by atoms with Crippen molar-refractivity contribution in [3.8, 4) is 22.3 Å². The third-order valence-corrected chi connectivity index (χ3v) is 5.96. The Hall–Kier alpha value is -2.47. The quantitative estimate of drug-likeness (QED) is 0.135. The predicted octanol–water partition coefficient (Wildman–Crippen LogP) is 12.1. The van der Waals surface area contributed by atoms with Gasteiger partial charge in [-0.05, 0) is 11.1 Å². The van der Waals surface area contributed by atoms with Gasteiger partial charge in [-0.3, -0.25) is 0 Å². The third kappa shape index (κ3) is 11.0. The molecule has 6 aromatic carbocycles. The molecule has 0 amide bonds. The van der Waals surface area contributed by atoms with Crippen molar-refractivity contribution in [2.75, 3.05) is 0 Å². The topological polar surface area (TPSA) is 0 Å². The van der Waals surface area contributed by atoms with Crippen molar-refractivity contribution in [2.24, 2.45) is 0 Å². The van der Waals surface area contributed by atoms with Gasteiger partial charge in [-0.2, -0.15) is 26.0 Å². The maximum absolute atomic E-state index is 2.26. The molecule has 6 aromatic rings. The molecule has 0 atom stereocenters. The largest absolute Gasteiger partial charge is 4.00 e. The van der Waals surface area contributed by atoms with Crippen LogP contribution >= 0.6 is 0 Å². The van der Waals surface area contributed by atoms with Crippen LogP contribution in [0.2, 0.25) is 0 Å². The van der Waals surface area contributed by atoms with Crippen molar-refractivity contribution >= 4 is 21.5 Å². The number of rotatable bonds is 2. The van der Waals surface area contributed by atoms with Gasteiger partial charge < -0.3 is 36.1 Å². The summed E-state index contributed by atoms with van der Waals surface area (Å²) < 4.78 is 0. The second-order valence-corrected chi connectivity index (χ2v) is 8.99. The molecule has 0 N–H and O–H groups in total. The average Bonchev–Trinajstić information content (AvgIpc) is 3.46. The Morgan fingerprint density at radius 1 is 0.488 bits per heavy atom. The van der Waals surface area contributed by atoms with Crippen LogP contribution in [0.5, 0.6) is 0 Å². The molecule has 0 heterocycles. The van der Waals surface area contributed by atoms with E-state index in [-0.39, 0.29) is 73.1 Å². The summed E-state index contributed by atoms with van der Waals surface area (Å²) in [6.45, 7) is 8.30. The van der Waals surface area contributed by atoms with Crippen LogP contribution in [0, 0.1) is 50.0 Å². The molecule has 0 aliphatic heterocycles. The van der Waals surface area contributed by atoms with E-state index >= 15 is 0 Å². The van der Waals surface area contributed by atoms with E-state index in [9.17, 15) is 0 Å². The van der Waals surface area contributed by atoms with Crippen LogP contribution in [0.1, 0.15) is 25.0 Å². The Balaban J connectivity index is -0.000000567. The smallest absolute Gasteiger partial charge is 0.358 e. The zero-order valence-corrected chi connectivity index (χ0v) is 29.2. The van der Waals surface area contributed by atoms with Crippen molar-refractivity contribution < 1.29 is 43.4 Å². The minimum absolute atomic E-state index is 0. The van der Waals surface area contributed by atoms with E-state index in [1.807, 2.05) is 20.3 Å². The van der Waals surface area contributed by atoms with Gasteiger partial charge in [0.1, 0.15) is 0 Å². The fraction of sp³-hybridized carbons (Fsp3) is 0.103. The standard InChI is InChI=1S/2C16H13.C3H7.4CH3.2Ti/c2*1-12-10-14-8-5-9-15(16(14)11-12)13-6-3-2-4-7-13;1-3-2;;;;;;/h2*2-11H,1H3;3H,1-2H3;4*1H3;;/q7*-1;+3;+4. The molecule has 0 saturated heterocycles. The summed E-state index contributed by atoms with van der Waals surface area (Å²) in [6.07, 6.45) is 2.00. The van der Waals surface area contributed by atoms with E-state index in [1.54, 1.807) is 0 Å². The summed E-state index contributed by atoms with van der Waals surface area (Å²) in [5, 5.41) is 5.37. The summed E-state index contributed by atoms with van der Waals surface area (Å²) >= 11 is 0. The molecule has 209 valence electrons. The summed E-state index contributed by atoms with van der Waals surface area (Å²) in [6, 6.07) is 43.1. The maximum atomic E-state index is 2.26. The zero-order chi connectivity index (χ0) is 24.6. The van der Waals surface area contributed by atoms with Gasteiger partial charge in [0.2, 0.25) is 0 Å². The van der Waals surface area contributed by atoms with Gasteiger partial charge >= 0.3 is 43.4 Å². The molecule has 0 aliphatic carbocycles. The van der Waals surface area contributed by atoms with E-state index in [4.69, 9.17) is 0 Å². The first-order valence-corrected chi connectivity index (χ1v) is 12.3. The summed E-state index contributed by atoms with van der Waals surface area (Å²) in [7, 11) is 0. The molecule has 0 spiro atoms. The second-order valence-electron chi connectivity index (χ2n) is 8.99. The van der Waals surface area contributed by atoms with E-state index in [2.05, 4.69) is 135 Å². The van der Waals surface area contributed by atoms with Crippen molar-refractivity contribution in [3.63, 3.8) is 0 Å². The third-order valence-electron chi connectivity index (χ3n) is 5.96. The molecule has 6 rings (SSSR count). The van der Waals surface area contributed by atoms with Crippen LogP contribution in [0.4, 0.5) is 0 Å². The maximum Gasteiger partial charge on any atom is 4.00 e. The Kier molecular flexibility index (Phi) is 22.3. The molecule has 0 aliphatic rings. The first kappa shape index (κ1) is 43.0. The van der Waals surface area contributed by atoms with Crippen molar-refractivity contribution in [1.29, 1.82) is 0 Å². The van der Waals surface area contributed by atoms with Gasteiger partial charge in [0.25, 0.3) is 0 Å². The van der Waals surface area contributed by atoms with Gasteiger partial charge in [0, 0.05) is 0 Å². The molecule has 0 bridgehead atoms. The minimum atomic E-state index is 0. The Labute approximate surface area is 281 Å². The molecule has 2 heteroatoms. The van der Waals surface area contributed by atoms with Gasteiger partial charge in [-0.1, -0.05) is 97.8 Å². The molecule has 0 saturated carbocycles. The Morgan fingerprint density at radius 2 is 0.805 bits per heavy atom. The fourth-order valence-corrected chi connectivity index (χ4v) is 4.51. The first-order valence-electron chi connectivity index (χ1n) is 12.3. The molecule has 0 unspecified atom stereocenters. The van der Waals surface area contributed by atoms with E-state index < -0.39 is 0 Å². The molecular weight excluding hydrogens is 564 g/mol. The average molecular weight is 610 g/mol. The molecule has 1 radical (unpaired) electrons. The summed E-state index contributed by atoms with van der Waals surface area (Å²) in [5.41, 5.74) is 7.89. The molecule has 0 aromatic heterocycles. The minimum Gasteiger partial charge on any atom is -0.358 e. The summed E-state index contributed by atoms with van der Waals surface area (Å²) in [5.74, 6) is 0. The molecule has 0 nitrogen and oxygen atoms in total. The van der Waals surface area contributed by atoms with Gasteiger partial charge in [-0.25, -0.2) is 0 Å². The van der Waals surface area contributed by atoms with Crippen molar-refractivity contribution in [3.05, 3.63) is 169 Å². The van der Waals surface area contributed by atoms with Crippen LogP contribution in [0.3, 0.4) is 0 Å². The SMILES string of the molecule is C[CH-]C.Cc1cc2c(-c3ccccc3)cccc2[cH-]1.Cc1cc2c(-c3ccccc3)cccc2[cH-]1.[CH3-].[CH3-].[CH3-].[CH3-].[Ti+3].[Ti+4]. The second kappa shape index (κ2) is 21.3. The van der Waals surface area contributed by atoms with Crippen LogP contribution in [-0.2, 0) is 43.4 Å². The number of hydrogen-bond acceptors (Lipinski definition) is 0. The molecule has 41 heavy (non-hydrogen) atoms. The number of aryl methyl sites for hydroxylation is 2.